The Labute approximate surface area is 103 Å². The summed E-state index contributed by atoms with van der Waals surface area (Å²) in [6.45, 7) is 2.42. The second-order valence-corrected chi connectivity index (χ2v) is 4.07. The average molecular weight is 286 g/mol. The number of hydrogen-bond donors (Lipinski definition) is 1. The lowest BCUT2D eigenvalue weighted by molar-refractivity contribution is 0.0950. The SMILES string of the molecule is C/C=C/CCNC(=O)c1cccc(Br)c1F. The summed E-state index contributed by atoms with van der Waals surface area (Å²) >= 11 is 3.04. The molecule has 0 fully saturated rings. The van der Waals surface area contributed by atoms with Gasteiger partial charge >= 0.3 is 0 Å². The summed E-state index contributed by atoms with van der Waals surface area (Å²) in [6, 6.07) is 4.66. The smallest absolute Gasteiger partial charge is 0.254 e. The number of halogens is 2. The average Bonchev–Trinajstić information content (AvgIpc) is 2.28. The first-order chi connectivity index (χ1) is 7.66. The van der Waals surface area contributed by atoms with Crippen molar-refractivity contribution in [3.63, 3.8) is 0 Å². The predicted octanol–water partition coefficient (Wildman–Crippen LogP) is 3.28. The van der Waals surface area contributed by atoms with E-state index in [1.807, 2.05) is 19.1 Å². The Morgan fingerprint density at radius 3 is 3.00 bits per heavy atom. The molecule has 0 atom stereocenters. The van der Waals surface area contributed by atoms with Crippen molar-refractivity contribution in [1.29, 1.82) is 0 Å². The van der Waals surface area contributed by atoms with Gasteiger partial charge in [0.15, 0.2) is 0 Å². The van der Waals surface area contributed by atoms with E-state index in [4.69, 9.17) is 0 Å². The second kappa shape index (κ2) is 6.43. The maximum atomic E-state index is 13.5. The van der Waals surface area contributed by atoms with Gasteiger partial charge in [0.1, 0.15) is 5.82 Å². The van der Waals surface area contributed by atoms with Crippen LogP contribution in [0, 0.1) is 5.82 Å². The number of allylic oxidation sites excluding steroid dienone is 1. The van der Waals surface area contributed by atoms with Crippen molar-refractivity contribution in [2.45, 2.75) is 13.3 Å². The first-order valence-electron chi connectivity index (χ1n) is 5.00. The molecule has 0 aromatic heterocycles. The summed E-state index contributed by atoms with van der Waals surface area (Å²) in [5.41, 5.74) is 0.0647. The third kappa shape index (κ3) is 3.45. The molecule has 0 unspecified atom stereocenters. The molecule has 86 valence electrons. The van der Waals surface area contributed by atoms with Gasteiger partial charge in [0.05, 0.1) is 10.0 Å². The highest BCUT2D eigenvalue weighted by Crippen LogP contribution is 2.18. The number of nitrogens with one attached hydrogen (secondary N) is 1. The molecule has 1 amide bonds. The number of benzene rings is 1. The van der Waals surface area contributed by atoms with Crippen LogP contribution in [0.4, 0.5) is 4.39 Å². The van der Waals surface area contributed by atoms with Gasteiger partial charge in [0, 0.05) is 6.54 Å². The molecule has 1 N–H and O–H groups in total. The topological polar surface area (TPSA) is 29.1 Å². The summed E-state index contributed by atoms with van der Waals surface area (Å²) < 4.78 is 13.8. The van der Waals surface area contributed by atoms with E-state index in [-0.39, 0.29) is 11.5 Å². The Morgan fingerprint density at radius 2 is 2.31 bits per heavy atom. The van der Waals surface area contributed by atoms with Crippen molar-refractivity contribution in [2.24, 2.45) is 0 Å². The van der Waals surface area contributed by atoms with Crippen molar-refractivity contribution < 1.29 is 9.18 Å². The highest BCUT2D eigenvalue weighted by atomic mass is 79.9. The predicted molar refractivity (Wildman–Crippen MR) is 65.9 cm³/mol. The van der Waals surface area contributed by atoms with Crippen molar-refractivity contribution in [2.75, 3.05) is 6.54 Å². The van der Waals surface area contributed by atoms with Crippen LogP contribution < -0.4 is 5.32 Å². The quantitative estimate of drug-likeness (QED) is 0.668. The van der Waals surface area contributed by atoms with Gasteiger partial charge in [0.2, 0.25) is 0 Å². The van der Waals surface area contributed by atoms with Crippen LogP contribution in [0.1, 0.15) is 23.7 Å². The highest BCUT2D eigenvalue weighted by Gasteiger charge is 2.12. The molecule has 1 rings (SSSR count). The van der Waals surface area contributed by atoms with Crippen LogP contribution in [0.25, 0.3) is 0 Å². The molecule has 0 aliphatic carbocycles. The van der Waals surface area contributed by atoms with E-state index < -0.39 is 5.82 Å². The molecule has 0 aliphatic heterocycles. The van der Waals surface area contributed by atoms with Crippen LogP contribution in [0.2, 0.25) is 0 Å². The molecule has 1 aromatic carbocycles. The minimum atomic E-state index is -0.522. The summed E-state index contributed by atoms with van der Waals surface area (Å²) in [6.07, 6.45) is 4.60. The third-order valence-corrected chi connectivity index (χ3v) is 2.64. The summed E-state index contributed by atoms with van der Waals surface area (Å²) in [5.74, 6) is -0.908. The molecule has 4 heteroatoms. The first kappa shape index (κ1) is 12.9. The summed E-state index contributed by atoms with van der Waals surface area (Å²) in [5, 5.41) is 2.65. The molecular weight excluding hydrogens is 273 g/mol. The van der Waals surface area contributed by atoms with Crippen molar-refractivity contribution >= 4 is 21.8 Å². The van der Waals surface area contributed by atoms with Crippen molar-refractivity contribution in [3.8, 4) is 0 Å². The van der Waals surface area contributed by atoms with Crippen molar-refractivity contribution in [3.05, 3.63) is 46.2 Å². The molecule has 0 aliphatic rings. The van der Waals surface area contributed by atoms with Gasteiger partial charge in [-0.1, -0.05) is 18.2 Å². The summed E-state index contributed by atoms with van der Waals surface area (Å²) in [7, 11) is 0. The number of carbonyl (C=O) groups excluding carboxylic acids is 1. The Morgan fingerprint density at radius 1 is 1.56 bits per heavy atom. The minimum Gasteiger partial charge on any atom is -0.352 e. The van der Waals surface area contributed by atoms with Gasteiger partial charge in [0.25, 0.3) is 5.91 Å². The lowest BCUT2D eigenvalue weighted by atomic mass is 10.2. The van der Waals surface area contributed by atoms with E-state index in [2.05, 4.69) is 21.2 Å². The van der Waals surface area contributed by atoms with Gasteiger partial charge < -0.3 is 5.32 Å². The second-order valence-electron chi connectivity index (χ2n) is 3.21. The molecule has 16 heavy (non-hydrogen) atoms. The van der Waals surface area contributed by atoms with E-state index in [9.17, 15) is 9.18 Å². The molecule has 0 saturated heterocycles. The van der Waals surface area contributed by atoms with Crippen molar-refractivity contribution in [1.82, 2.24) is 5.32 Å². The van der Waals surface area contributed by atoms with Crippen LogP contribution in [-0.4, -0.2) is 12.5 Å². The largest absolute Gasteiger partial charge is 0.352 e. The minimum absolute atomic E-state index is 0.0647. The van der Waals surface area contributed by atoms with Gasteiger partial charge in [-0.15, -0.1) is 0 Å². The Kier molecular flexibility index (Phi) is 5.19. The number of rotatable bonds is 4. The standard InChI is InChI=1S/C12H13BrFNO/c1-2-3-4-8-15-12(16)9-6-5-7-10(13)11(9)14/h2-3,5-7H,4,8H2,1H3,(H,15,16)/b3-2+. The highest BCUT2D eigenvalue weighted by molar-refractivity contribution is 9.10. The van der Waals surface area contributed by atoms with Gasteiger partial charge in [-0.3, -0.25) is 4.79 Å². The van der Waals surface area contributed by atoms with Gasteiger partial charge in [-0.25, -0.2) is 4.39 Å². The number of amides is 1. The van der Waals surface area contributed by atoms with E-state index in [1.54, 1.807) is 12.1 Å². The molecule has 1 aromatic rings. The molecule has 2 nitrogen and oxygen atoms in total. The molecule has 0 saturated carbocycles. The molecule has 0 heterocycles. The van der Waals surface area contributed by atoms with E-state index in [1.165, 1.54) is 6.07 Å². The maximum Gasteiger partial charge on any atom is 0.254 e. The maximum absolute atomic E-state index is 13.5. The molecule has 0 spiro atoms. The first-order valence-corrected chi connectivity index (χ1v) is 5.79. The number of hydrogen-bond acceptors (Lipinski definition) is 1. The monoisotopic (exact) mass is 285 g/mol. The van der Waals surface area contributed by atoms with E-state index >= 15 is 0 Å². The fourth-order valence-electron chi connectivity index (χ4n) is 1.21. The summed E-state index contributed by atoms with van der Waals surface area (Å²) in [4.78, 5) is 11.6. The molecule has 0 bridgehead atoms. The Balaban J connectivity index is 2.63. The lowest BCUT2D eigenvalue weighted by Gasteiger charge is -2.05. The third-order valence-electron chi connectivity index (χ3n) is 2.03. The zero-order chi connectivity index (χ0) is 12.0. The number of carbonyl (C=O) groups is 1. The zero-order valence-electron chi connectivity index (χ0n) is 8.97. The Hall–Kier alpha value is -1.16. The normalized spacial score (nSPS) is 10.7. The molecular formula is C12H13BrFNO. The Bertz CT molecular complexity index is 404. The molecule has 0 radical (unpaired) electrons. The zero-order valence-corrected chi connectivity index (χ0v) is 10.6. The fourth-order valence-corrected chi connectivity index (χ4v) is 1.58. The van der Waals surface area contributed by atoms with E-state index in [0.29, 0.717) is 11.0 Å². The fraction of sp³-hybridized carbons (Fsp3) is 0.250. The van der Waals surface area contributed by atoms with Crippen LogP contribution in [0.3, 0.4) is 0 Å². The van der Waals surface area contributed by atoms with Gasteiger partial charge in [-0.05, 0) is 41.4 Å². The lowest BCUT2D eigenvalue weighted by Crippen LogP contribution is -2.25. The van der Waals surface area contributed by atoms with Crippen LogP contribution in [-0.2, 0) is 0 Å². The van der Waals surface area contributed by atoms with Crippen LogP contribution in [0.15, 0.2) is 34.8 Å². The van der Waals surface area contributed by atoms with Crippen LogP contribution in [0.5, 0.6) is 0 Å². The van der Waals surface area contributed by atoms with Crippen LogP contribution >= 0.6 is 15.9 Å². The van der Waals surface area contributed by atoms with Gasteiger partial charge in [-0.2, -0.15) is 0 Å². The van der Waals surface area contributed by atoms with E-state index in [0.717, 1.165) is 6.42 Å².